The molecular formula is C25H24F3N3O4. The standard InChI is InChI=1S/C25H24F3N3O4/c1-34-20-9-13(10-21(35-24(27)28)22(20)19(32)8-14-7-17(14)26)16-11-30-31-12-15(3-4-18(16)31)25(23(29)33)5-2-6-25/h3-4,9-12,14,17,24H,2,5-8H2,1H3,(H2,29,33)/t14-,17-/m0/s1. The molecule has 0 bridgehead atoms. The maximum atomic E-state index is 13.3. The molecule has 0 unspecified atom stereocenters. The van der Waals surface area contributed by atoms with Gasteiger partial charge in [-0.1, -0.05) is 12.5 Å². The van der Waals surface area contributed by atoms with Crippen LogP contribution >= 0.6 is 0 Å². The van der Waals surface area contributed by atoms with Crippen LogP contribution in [0.25, 0.3) is 16.6 Å². The molecule has 184 valence electrons. The van der Waals surface area contributed by atoms with E-state index in [1.54, 1.807) is 29.0 Å². The molecule has 2 atom stereocenters. The minimum atomic E-state index is -3.17. The Hall–Kier alpha value is -3.56. The lowest BCUT2D eigenvalue weighted by molar-refractivity contribution is -0.126. The van der Waals surface area contributed by atoms with E-state index in [4.69, 9.17) is 15.2 Å². The van der Waals surface area contributed by atoms with Gasteiger partial charge in [-0.25, -0.2) is 8.91 Å². The molecule has 2 heterocycles. The molecule has 1 amide bonds. The Bertz CT molecular complexity index is 1320. The van der Waals surface area contributed by atoms with Crippen LogP contribution in [0.1, 0.15) is 48.0 Å². The van der Waals surface area contributed by atoms with Crippen molar-refractivity contribution in [1.29, 1.82) is 0 Å². The number of fused-ring (bicyclic) bond motifs is 1. The number of hydrogen-bond acceptors (Lipinski definition) is 5. The van der Waals surface area contributed by atoms with E-state index in [1.807, 2.05) is 6.07 Å². The quantitative estimate of drug-likeness (QED) is 0.450. The molecule has 2 fully saturated rings. The predicted molar refractivity (Wildman–Crippen MR) is 120 cm³/mol. The number of pyridine rings is 1. The number of rotatable bonds is 9. The first-order valence-corrected chi connectivity index (χ1v) is 11.4. The van der Waals surface area contributed by atoms with Gasteiger partial charge in [0.15, 0.2) is 5.78 Å². The fourth-order valence-corrected chi connectivity index (χ4v) is 4.83. The highest BCUT2D eigenvalue weighted by molar-refractivity contribution is 6.03. The van der Waals surface area contributed by atoms with Crippen LogP contribution in [0.5, 0.6) is 11.5 Å². The van der Waals surface area contributed by atoms with Crippen LogP contribution < -0.4 is 15.2 Å². The fourth-order valence-electron chi connectivity index (χ4n) is 4.83. The summed E-state index contributed by atoms with van der Waals surface area (Å²) in [5.41, 5.74) is 7.27. The number of primary amides is 1. The van der Waals surface area contributed by atoms with E-state index in [-0.39, 0.29) is 35.8 Å². The summed E-state index contributed by atoms with van der Waals surface area (Å²) < 4.78 is 51.5. The zero-order valence-electron chi connectivity index (χ0n) is 19.0. The van der Waals surface area contributed by atoms with Crippen molar-refractivity contribution in [2.75, 3.05) is 7.11 Å². The zero-order valence-corrected chi connectivity index (χ0v) is 19.0. The number of ether oxygens (including phenoxy) is 2. The van der Waals surface area contributed by atoms with Gasteiger partial charge in [0, 0.05) is 24.1 Å². The zero-order chi connectivity index (χ0) is 24.9. The van der Waals surface area contributed by atoms with Gasteiger partial charge in [-0.2, -0.15) is 13.9 Å². The first kappa shape index (κ1) is 23.2. The van der Waals surface area contributed by atoms with Gasteiger partial charge >= 0.3 is 6.61 Å². The molecule has 7 nitrogen and oxygen atoms in total. The Balaban J connectivity index is 1.56. The first-order chi connectivity index (χ1) is 16.7. The lowest BCUT2D eigenvalue weighted by Crippen LogP contribution is -2.46. The number of carbonyl (C=O) groups is 2. The molecule has 5 rings (SSSR count). The Kier molecular flexibility index (Phi) is 5.69. The van der Waals surface area contributed by atoms with Gasteiger partial charge in [-0.15, -0.1) is 0 Å². The lowest BCUT2D eigenvalue weighted by atomic mass is 9.64. The monoisotopic (exact) mass is 487 g/mol. The number of aromatic nitrogens is 2. The predicted octanol–water partition coefficient (Wildman–Crippen LogP) is 4.45. The number of benzene rings is 1. The molecule has 3 aromatic rings. The van der Waals surface area contributed by atoms with Crippen LogP contribution in [0, 0.1) is 5.92 Å². The second-order valence-electron chi connectivity index (χ2n) is 9.17. The Labute approximate surface area is 199 Å². The average molecular weight is 487 g/mol. The Morgan fingerprint density at radius 3 is 2.54 bits per heavy atom. The van der Waals surface area contributed by atoms with E-state index in [0.717, 1.165) is 12.0 Å². The molecule has 2 aliphatic rings. The number of alkyl halides is 3. The van der Waals surface area contributed by atoms with Gasteiger partial charge < -0.3 is 15.2 Å². The molecule has 0 saturated heterocycles. The van der Waals surface area contributed by atoms with Gasteiger partial charge in [0.05, 0.1) is 24.2 Å². The van der Waals surface area contributed by atoms with Crippen molar-refractivity contribution in [2.24, 2.45) is 11.7 Å². The van der Waals surface area contributed by atoms with Crippen LogP contribution in [-0.2, 0) is 10.2 Å². The second kappa shape index (κ2) is 8.58. The maximum absolute atomic E-state index is 13.3. The van der Waals surface area contributed by atoms with Crippen molar-refractivity contribution in [3.05, 3.63) is 47.8 Å². The molecule has 35 heavy (non-hydrogen) atoms. The number of nitrogens with two attached hydrogens (primary N) is 1. The van der Waals surface area contributed by atoms with Crippen LogP contribution in [0.2, 0.25) is 0 Å². The number of nitrogens with zero attached hydrogens (tertiary/aromatic N) is 2. The van der Waals surface area contributed by atoms with Crippen LogP contribution in [0.15, 0.2) is 36.7 Å². The van der Waals surface area contributed by atoms with Crippen LogP contribution in [0.3, 0.4) is 0 Å². The highest BCUT2D eigenvalue weighted by atomic mass is 19.3. The van der Waals surface area contributed by atoms with Crippen molar-refractivity contribution in [2.45, 2.75) is 50.3 Å². The largest absolute Gasteiger partial charge is 0.496 e. The van der Waals surface area contributed by atoms with E-state index in [1.165, 1.54) is 13.2 Å². The molecule has 1 aromatic carbocycles. The third kappa shape index (κ3) is 4.00. The average Bonchev–Trinajstić information content (AvgIpc) is 3.29. The third-order valence-electron chi connectivity index (χ3n) is 7.12. The summed E-state index contributed by atoms with van der Waals surface area (Å²) in [5.74, 6) is -1.60. The van der Waals surface area contributed by atoms with Gasteiger partial charge in [0.1, 0.15) is 23.2 Å². The van der Waals surface area contributed by atoms with Gasteiger partial charge in [-0.3, -0.25) is 9.59 Å². The molecule has 2 aromatic heterocycles. The summed E-state index contributed by atoms with van der Waals surface area (Å²) in [5, 5.41) is 4.37. The number of Topliss-reactive ketones (excluding diaryl/α,β-unsaturated/α-hetero) is 1. The van der Waals surface area contributed by atoms with E-state index < -0.39 is 29.9 Å². The smallest absolute Gasteiger partial charge is 0.387 e. The summed E-state index contributed by atoms with van der Waals surface area (Å²) in [6, 6.07) is 6.49. The molecule has 2 aliphatic carbocycles. The van der Waals surface area contributed by atoms with Crippen molar-refractivity contribution in [1.82, 2.24) is 9.61 Å². The second-order valence-corrected chi connectivity index (χ2v) is 9.17. The number of amides is 1. The highest BCUT2D eigenvalue weighted by Gasteiger charge is 2.44. The SMILES string of the molecule is COc1cc(-c2cnn3cc(C4(C(N)=O)CCC4)ccc23)cc(OC(F)F)c1C(=O)C[C@@H]1C[C@@H]1F. The number of halogens is 3. The normalized spacial score (nSPS) is 20.5. The Morgan fingerprint density at radius 2 is 1.97 bits per heavy atom. The number of hydrogen-bond donors (Lipinski definition) is 1. The summed E-state index contributed by atoms with van der Waals surface area (Å²) in [6.45, 7) is -3.17. The lowest BCUT2D eigenvalue weighted by Gasteiger charge is -2.39. The van der Waals surface area contributed by atoms with Crippen molar-refractivity contribution < 1.29 is 32.2 Å². The van der Waals surface area contributed by atoms with E-state index in [2.05, 4.69) is 5.10 Å². The third-order valence-corrected chi connectivity index (χ3v) is 7.12. The van der Waals surface area contributed by atoms with E-state index in [0.29, 0.717) is 29.5 Å². The molecular weight excluding hydrogens is 463 g/mol. The molecule has 10 heteroatoms. The first-order valence-electron chi connectivity index (χ1n) is 11.4. The summed E-state index contributed by atoms with van der Waals surface area (Å²) in [6.07, 6.45) is 4.67. The van der Waals surface area contributed by atoms with Crippen molar-refractivity contribution in [3.63, 3.8) is 0 Å². The molecule has 0 aliphatic heterocycles. The maximum Gasteiger partial charge on any atom is 0.387 e. The Morgan fingerprint density at radius 1 is 1.26 bits per heavy atom. The molecule has 2 N–H and O–H groups in total. The van der Waals surface area contributed by atoms with Gasteiger partial charge in [0.2, 0.25) is 5.91 Å². The van der Waals surface area contributed by atoms with E-state index >= 15 is 0 Å². The molecule has 0 radical (unpaired) electrons. The van der Waals surface area contributed by atoms with Gasteiger partial charge in [-0.05, 0) is 48.6 Å². The topological polar surface area (TPSA) is 95.9 Å². The number of ketones is 1. The van der Waals surface area contributed by atoms with E-state index in [9.17, 15) is 22.8 Å². The number of methoxy groups -OCH3 is 1. The minimum Gasteiger partial charge on any atom is -0.496 e. The highest BCUT2D eigenvalue weighted by Crippen LogP contribution is 2.45. The number of carbonyl (C=O) groups excluding carboxylic acids is 2. The van der Waals surface area contributed by atoms with Crippen LogP contribution in [-0.4, -0.2) is 41.2 Å². The molecule has 0 spiro atoms. The van der Waals surface area contributed by atoms with Crippen molar-refractivity contribution >= 4 is 17.2 Å². The van der Waals surface area contributed by atoms with Crippen LogP contribution in [0.4, 0.5) is 13.2 Å². The summed E-state index contributed by atoms with van der Waals surface area (Å²) in [4.78, 5) is 24.9. The summed E-state index contributed by atoms with van der Waals surface area (Å²) >= 11 is 0. The fraction of sp³-hybridized carbons (Fsp3) is 0.400. The van der Waals surface area contributed by atoms with Gasteiger partial charge in [0.25, 0.3) is 0 Å². The minimum absolute atomic E-state index is 0.0531. The molecule has 2 saturated carbocycles. The van der Waals surface area contributed by atoms with Crippen molar-refractivity contribution in [3.8, 4) is 22.6 Å². The summed E-state index contributed by atoms with van der Waals surface area (Å²) in [7, 11) is 1.32.